The van der Waals surface area contributed by atoms with E-state index in [1.807, 2.05) is 27.7 Å². The van der Waals surface area contributed by atoms with Crippen LogP contribution in [0.4, 0.5) is 4.79 Å². The minimum absolute atomic E-state index is 0.166. The van der Waals surface area contributed by atoms with Crippen LogP contribution in [0.3, 0.4) is 0 Å². The van der Waals surface area contributed by atoms with Crippen molar-refractivity contribution in [1.29, 1.82) is 5.26 Å². The zero-order valence-electron chi connectivity index (χ0n) is 18.4. The lowest BCUT2D eigenvalue weighted by Crippen LogP contribution is -2.46. The molecular formula is C24H25Cl2N3O3. The number of allylic oxidation sites excluding steroid dienone is 1. The van der Waals surface area contributed by atoms with Crippen molar-refractivity contribution in [2.24, 2.45) is 5.41 Å². The van der Waals surface area contributed by atoms with Crippen molar-refractivity contribution in [2.45, 2.75) is 40.3 Å². The number of nitrogens with zero attached hydrogens (tertiary/aromatic N) is 1. The Morgan fingerprint density at radius 2 is 1.78 bits per heavy atom. The van der Waals surface area contributed by atoms with E-state index in [1.54, 1.807) is 36.4 Å². The number of carbonyl (C=O) groups is 1. The Labute approximate surface area is 198 Å². The monoisotopic (exact) mass is 473 g/mol. The molecule has 1 aliphatic heterocycles. The Bertz CT molecular complexity index is 1080. The molecule has 2 N–H and O–H groups in total. The summed E-state index contributed by atoms with van der Waals surface area (Å²) in [6.45, 7) is 8.30. The van der Waals surface area contributed by atoms with Crippen molar-refractivity contribution in [2.75, 3.05) is 6.61 Å². The maximum Gasteiger partial charge on any atom is 0.319 e. The zero-order valence-corrected chi connectivity index (χ0v) is 19.9. The van der Waals surface area contributed by atoms with Gasteiger partial charge in [-0.2, -0.15) is 5.26 Å². The molecule has 0 bridgehead atoms. The van der Waals surface area contributed by atoms with Crippen molar-refractivity contribution in [3.05, 3.63) is 68.8 Å². The molecule has 0 spiro atoms. The minimum atomic E-state index is -0.603. The highest BCUT2D eigenvalue weighted by Gasteiger charge is 2.34. The summed E-state index contributed by atoms with van der Waals surface area (Å²) in [5.74, 6) is 1.00. The van der Waals surface area contributed by atoms with Gasteiger partial charge < -0.3 is 20.1 Å². The number of hydrogen-bond acceptors (Lipinski definition) is 4. The van der Waals surface area contributed by atoms with Gasteiger partial charge in [-0.05, 0) is 36.8 Å². The highest BCUT2D eigenvalue weighted by Crippen LogP contribution is 2.38. The van der Waals surface area contributed by atoms with Gasteiger partial charge in [0.05, 0.1) is 24.3 Å². The lowest BCUT2D eigenvalue weighted by molar-refractivity contribution is 0.235. The van der Waals surface area contributed by atoms with Crippen molar-refractivity contribution >= 4 is 29.2 Å². The minimum Gasteiger partial charge on any atom is -0.490 e. The van der Waals surface area contributed by atoms with Crippen LogP contribution < -0.4 is 20.1 Å². The highest BCUT2D eigenvalue weighted by atomic mass is 35.5. The van der Waals surface area contributed by atoms with E-state index >= 15 is 0 Å². The number of benzene rings is 2. The van der Waals surface area contributed by atoms with Crippen LogP contribution in [0.2, 0.25) is 10.0 Å². The molecule has 2 aromatic rings. The fourth-order valence-electron chi connectivity index (χ4n) is 3.44. The van der Waals surface area contributed by atoms with Crippen molar-refractivity contribution in [3.63, 3.8) is 0 Å². The van der Waals surface area contributed by atoms with E-state index in [4.69, 9.17) is 32.7 Å². The summed E-state index contributed by atoms with van der Waals surface area (Å²) in [5.41, 5.74) is 2.04. The SMILES string of the molecule is CCOc1cc([C@H]2NC(=O)NC(C(C)(C)C)=C2C#N)ccc1OCc1c(Cl)cccc1Cl. The number of nitriles is 1. The van der Waals surface area contributed by atoms with Crippen LogP contribution in [0.1, 0.15) is 44.9 Å². The van der Waals surface area contributed by atoms with E-state index < -0.39 is 11.5 Å². The van der Waals surface area contributed by atoms with Crippen LogP contribution in [-0.2, 0) is 6.61 Å². The summed E-state index contributed by atoms with van der Waals surface area (Å²) in [4.78, 5) is 12.3. The number of halogens is 2. The Morgan fingerprint density at radius 3 is 2.38 bits per heavy atom. The van der Waals surface area contributed by atoms with Crippen molar-refractivity contribution in [3.8, 4) is 17.6 Å². The molecule has 8 heteroatoms. The van der Waals surface area contributed by atoms with Crippen LogP contribution in [0, 0.1) is 16.7 Å². The third-order valence-corrected chi connectivity index (χ3v) is 5.69. The topological polar surface area (TPSA) is 83.4 Å². The van der Waals surface area contributed by atoms with Gasteiger partial charge in [-0.1, -0.05) is 56.1 Å². The molecule has 1 atom stereocenters. The normalized spacial score (nSPS) is 16.2. The van der Waals surface area contributed by atoms with Gasteiger partial charge in [-0.3, -0.25) is 0 Å². The number of rotatable bonds is 6. The first kappa shape index (κ1) is 23.8. The Balaban J connectivity index is 1.96. The predicted molar refractivity (Wildman–Crippen MR) is 125 cm³/mol. The van der Waals surface area contributed by atoms with E-state index in [0.29, 0.717) is 50.5 Å². The van der Waals surface area contributed by atoms with Crippen LogP contribution >= 0.6 is 23.2 Å². The van der Waals surface area contributed by atoms with Crippen molar-refractivity contribution in [1.82, 2.24) is 10.6 Å². The number of hydrogen-bond donors (Lipinski definition) is 2. The van der Waals surface area contributed by atoms with E-state index in [0.717, 1.165) is 0 Å². The second-order valence-corrected chi connectivity index (χ2v) is 9.12. The van der Waals surface area contributed by atoms with Gasteiger partial charge in [0, 0.05) is 26.7 Å². The number of nitrogens with one attached hydrogen (secondary N) is 2. The first-order valence-electron chi connectivity index (χ1n) is 10.2. The van der Waals surface area contributed by atoms with Crippen LogP contribution in [0.15, 0.2) is 47.7 Å². The smallest absolute Gasteiger partial charge is 0.319 e. The fourth-order valence-corrected chi connectivity index (χ4v) is 3.94. The molecule has 32 heavy (non-hydrogen) atoms. The molecule has 168 valence electrons. The number of urea groups is 1. The second-order valence-electron chi connectivity index (χ2n) is 8.31. The molecule has 6 nitrogen and oxygen atoms in total. The summed E-state index contributed by atoms with van der Waals surface area (Å²) in [6, 6.07) is 11.9. The van der Waals surface area contributed by atoms with Gasteiger partial charge in [0.1, 0.15) is 6.61 Å². The number of ether oxygens (including phenoxy) is 2. The second kappa shape index (κ2) is 9.72. The van der Waals surface area contributed by atoms with Gasteiger partial charge in [-0.25, -0.2) is 4.79 Å². The summed E-state index contributed by atoms with van der Waals surface area (Å²) >= 11 is 12.5. The largest absolute Gasteiger partial charge is 0.490 e. The average molecular weight is 474 g/mol. The lowest BCUT2D eigenvalue weighted by Gasteiger charge is -2.33. The van der Waals surface area contributed by atoms with Crippen molar-refractivity contribution < 1.29 is 14.3 Å². The Kier molecular flexibility index (Phi) is 7.22. The van der Waals surface area contributed by atoms with Crippen LogP contribution in [0.5, 0.6) is 11.5 Å². The third-order valence-electron chi connectivity index (χ3n) is 4.98. The first-order valence-corrected chi connectivity index (χ1v) is 11.0. The molecule has 2 aromatic carbocycles. The fraction of sp³-hybridized carbons (Fsp3) is 0.333. The molecule has 0 fully saturated rings. The highest BCUT2D eigenvalue weighted by molar-refractivity contribution is 6.35. The summed E-state index contributed by atoms with van der Waals surface area (Å²) in [7, 11) is 0. The maximum atomic E-state index is 12.3. The van der Waals surface area contributed by atoms with Gasteiger partial charge in [0.25, 0.3) is 0 Å². The van der Waals surface area contributed by atoms with Gasteiger partial charge in [0.15, 0.2) is 11.5 Å². The maximum absolute atomic E-state index is 12.3. The molecule has 0 aromatic heterocycles. The van der Waals surface area contributed by atoms with E-state index in [1.165, 1.54) is 0 Å². The zero-order chi connectivity index (χ0) is 23.5. The van der Waals surface area contributed by atoms with Gasteiger partial charge >= 0.3 is 6.03 Å². The molecular weight excluding hydrogens is 449 g/mol. The molecule has 0 radical (unpaired) electrons. The van der Waals surface area contributed by atoms with Crippen LogP contribution in [0.25, 0.3) is 0 Å². The molecule has 2 amide bonds. The standard InChI is InChI=1S/C24H25Cl2N3O3/c1-5-31-20-11-14(21-15(12-27)22(24(2,3)4)29-23(30)28-21)9-10-19(20)32-13-16-17(25)7-6-8-18(16)26/h6-11,21H,5,13H2,1-4H3,(H2,28,29,30)/t21-/m1/s1. The molecule has 1 heterocycles. The molecule has 0 aliphatic carbocycles. The van der Waals surface area contributed by atoms with Gasteiger partial charge in [-0.15, -0.1) is 0 Å². The molecule has 0 saturated heterocycles. The Hall–Kier alpha value is -2.88. The first-order chi connectivity index (χ1) is 15.2. The Morgan fingerprint density at radius 1 is 1.09 bits per heavy atom. The molecule has 3 rings (SSSR count). The van der Waals surface area contributed by atoms with E-state index in [-0.39, 0.29) is 12.6 Å². The van der Waals surface area contributed by atoms with E-state index in [9.17, 15) is 10.1 Å². The average Bonchev–Trinajstić information content (AvgIpc) is 2.73. The van der Waals surface area contributed by atoms with E-state index in [2.05, 4.69) is 16.7 Å². The molecule has 1 aliphatic rings. The van der Waals surface area contributed by atoms with Crippen LogP contribution in [-0.4, -0.2) is 12.6 Å². The lowest BCUT2D eigenvalue weighted by atomic mass is 9.84. The third kappa shape index (κ3) is 5.12. The number of carbonyl (C=O) groups excluding carboxylic acids is 1. The summed E-state index contributed by atoms with van der Waals surface area (Å²) in [5, 5.41) is 16.5. The summed E-state index contributed by atoms with van der Waals surface area (Å²) in [6.07, 6.45) is 0. The number of amides is 2. The quantitative estimate of drug-likeness (QED) is 0.526. The molecule has 0 saturated carbocycles. The molecule has 0 unspecified atom stereocenters. The summed E-state index contributed by atoms with van der Waals surface area (Å²) < 4.78 is 11.7. The van der Waals surface area contributed by atoms with Gasteiger partial charge in [0.2, 0.25) is 0 Å². The predicted octanol–water partition coefficient (Wildman–Crippen LogP) is 6.15.